The summed E-state index contributed by atoms with van der Waals surface area (Å²) in [7, 11) is 0. The van der Waals surface area contributed by atoms with Gasteiger partial charge in [-0.1, -0.05) is 72.8 Å². The van der Waals surface area contributed by atoms with Crippen molar-refractivity contribution < 1.29 is 9.53 Å². The molecule has 2 nitrogen and oxygen atoms in total. The van der Waals surface area contributed by atoms with E-state index in [1.54, 1.807) is 0 Å². The molecular weight excluding hydrogens is 320 g/mol. The van der Waals surface area contributed by atoms with Gasteiger partial charge in [0, 0.05) is 0 Å². The van der Waals surface area contributed by atoms with E-state index in [4.69, 9.17) is 4.74 Å². The second-order valence-electron chi connectivity index (χ2n) is 6.93. The molecule has 0 atom stereocenters. The number of hydrogen-bond acceptors (Lipinski definition) is 2. The number of rotatable bonds is 5. The molecule has 0 aromatic heterocycles. The largest absolute Gasteiger partial charge is 0.465 e. The molecule has 0 aliphatic rings. The molecule has 0 saturated carbocycles. The van der Waals surface area contributed by atoms with Crippen LogP contribution in [0.2, 0.25) is 0 Å². The van der Waals surface area contributed by atoms with Gasteiger partial charge in [0.2, 0.25) is 0 Å². The van der Waals surface area contributed by atoms with E-state index in [1.807, 2.05) is 57.2 Å². The van der Waals surface area contributed by atoms with Gasteiger partial charge in [-0.2, -0.15) is 0 Å². The van der Waals surface area contributed by atoms with Crippen LogP contribution in [0.1, 0.15) is 31.9 Å². The monoisotopic (exact) mass is 344 g/mol. The average molecular weight is 344 g/mol. The highest BCUT2D eigenvalue weighted by Crippen LogP contribution is 2.32. The van der Waals surface area contributed by atoms with Crippen LogP contribution in [0.25, 0.3) is 16.3 Å². The van der Waals surface area contributed by atoms with Crippen molar-refractivity contribution in [2.75, 3.05) is 6.61 Å². The maximum atomic E-state index is 12.4. The zero-order valence-corrected chi connectivity index (χ0v) is 15.5. The van der Waals surface area contributed by atoms with Crippen LogP contribution in [-0.2, 0) is 9.53 Å². The van der Waals surface area contributed by atoms with Gasteiger partial charge in [0.1, 0.15) is 0 Å². The number of carbonyl (C=O) groups is 1. The third-order valence-electron chi connectivity index (χ3n) is 4.45. The van der Waals surface area contributed by atoms with Gasteiger partial charge in [-0.25, -0.2) is 0 Å². The SMILES string of the molecule is CCOC(=O)C(C)(C)/C=C(\c1ccccc1)c1ccc2ccccc2c1. The summed E-state index contributed by atoms with van der Waals surface area (Å²) in [4.78, 5) is 12.4. The van der Waals surface area contributed by atoms with E-state index in [-0.39, 0.29) is 5.97 Å². The highest BCUT2D eigenvalue weighted by Gasteiger charge is 2.28. The predicted molar refractivity (Wildman–Crippen MR) is 108 cm³/mol. The minimum Gasteiger partial charge on any atom is -0.465 e. The lowest BCUT2D eigenvalue weighted by atomic mass is 9.85. The molecule has 2 heteroatoms. The molecule has 0 radical (unpaired) electrons. The third-order valence-corrected chi connectivity index (χ3v) is 4.45. The average Bonchev–Trinajstić information content (AvgIpc) is 2.66. The normalized spacial score (nSPS) is 12.2. The van der Waals surface area contributed by atoms with E-state index in [9.17, 15) is 4.79 Å². The maximum absolute atomic E-state index is 12.4. The van der Waals surface area contributed by atoms with Crippen molar-refractivity contribution in [1.82, 2.24) is 0 Å². The zero-order chi connectivity index (χ0) is 18.6. The molecule has 3 rings (SSSR count). The Labute approximate surface area is 155 Å². The first kappa shape index (κ1) is 17.9. The Kier molecular flexibility index (Phi) is 5.22. The van der Waals surface area contributed by atoms with Crippen LogP contribution in [0.4, 0.5) is 0 Å². The molecule has 0 spiro atoms. The summed E-state index contributed by atoms with van der Waals surface area (Å²) in [6.07, 6.45) is 2.02. The van der Waals surface area contributed by atoms with E-state index in [0.29, 0.717) is 6.61 Å². The second-order valence-corrected chi connectivity index (χ2v) is 6.93. The highest BCUT2D eigenvalue weighted by atomic mass is 16.5. The molecule has 0 aliphatic heterocycles. The lowest BCUT2D eigenvalue weighted by Gasteiger charge is -2.21. The van der Waals surface area contributed by atoms with Crippen molar-refractivity contribution in [2.24, 2.45) is 5.41 Å². The Morgan fingerprint density at radius 3 is 2.23 bits per heavy atom. The van der Waals surface area contributed by atoms with Crippen LogP contribution in [0.3, 0.4) is 0 Å². The van der Waals surface area contributed by atoms with Crippen molar-refractivity contribution in [3.63, 3.8) is 0 Å². The Hall–Kier alpha value is -2.87. The quantitative estimate of drug-likeness (QED) is 0.542. The van der Waals surface area contributed by atoms with E-state index >= 15 is 0 Å². The van der Waals surface area contributed by atoms with Gasteiger partial charge in [0.15, 0.2) is 0 Å². The smallest absolute Gasteiger partial charge is 0.315 e. The Morgan fingerprint density at radius 1 is 0.885 bits per heavy atom. The number of ether oxygens (including phenoxy) is 1. The van der Waals surface area contributed by atoms with Gasteiger partial charge in [-0.3, -0.25) is 4.79 Å². The molecule has 3 aromatic carbocycles. The summed E-state index contributed by atoms with van der Waals surface area (Å²) >= 11 is 0. The molecule has 0 fully saturated rings. The lowest BCUT2D eigenvalue weighted by molar-refractivity contribution is -0.150. The first-order valence-electron chi connectivity index (χ1n) is 8.96. The summed E-state index contributed by atoms with van der Waals surface area (Å²) in [5, 5.41) is 2.38. The first-order valence-corrected chi connectivity index (χ1v) is 8.96. The van der Waals surface area contributed by atoms with Crippen molar-refractivity contribution >= 4 is 22.3 Å². The van der Waals surface area contributed by atoms with Gasteiger partial charge in [-0.05, 0) is 54.3 Å². The van der Waals surface area contributed by atoms with Gasteiger partial charge < -0.3 is 4.74 Å². The van der Waals surface area contributed by atoms with Crippen LogP contribution in [0, 0.1) is 5.41 Å². The molecule has 26 heavy (non-hydrogen) atoms. The van der Waals surface area contributed by atoms with Crippen molar-refractivity contribution in [1.29, 1.82) is 0 Å². The van der Waals surface area contributed by atoms with Crippen LogP contribution >= 0.6 is 0 Å². The van der Waals surface area contributed by atoms with E-state index in [2.05, 4.69) is 42.5 Å². The number of fused-ring (bicyclic) bond motifs is 1. The van der Waals surface area contributed by atoms with Crippen LogP contribution in [-0.4, -0.2) is 12.6 Å². The fourth-order valence-corrected chi connectivity index (χ4v) is 3.04. The van der Waals surface area contributed by atoms with Crippen LogP contribution < -0.4 is 0 Å². The molecule has 0 saturated heterocycles. The van der Waals surface area contributed by atoms with Crippen molar-refractivity contribution in [2.45, 2.75) is 20.8 Å². The first-order chi connectivity index (χ1) is 12.5. The molecule has 0 heterocycles. The predicted octanol–water partition coefficient (Wildman–Crippen LogP) is 5.86. The molecular formula is C24H24O2. The second kappa shape index (κ2) is 7.57. The lowest BCUT2D eigenvalue weighted by Crippen LogP contribution is -2.25. The van der Waals surface area contributed by atoms with Crippen molar-refractivity contribution in [3.8, 4) is 0 Å². The topological polar surface area (TPSA) is 26.3 Å². The summed E-state index contributed by atoms with van der Waals surface area (Å²) in [6, 6.07) is 24.9. The number of esters is 1. The summed E-state index contributed by atoms with van der Waals surface area (Å²) in [6.45, 7) is 6.01. The molecule has 132 valence electrons. The fourth-order valence-electron chi connectivity index (χ4n) is 3.04. The number of benzene rings is 3. The number of carbonyl (C=O) groups excluding carboxylic acids is 1. The molecule has 0 amide bonds. The Bertz CT molecular complexity index is 937. The summed E-state index contributed by atoms with van der Waals surface area (Å²) in [5.74, 6) is -0.214. The highest BCUT2D eigenvalue weighted by molar-refractivity contribution is 5.91. The minimum atomic E-state index is -0.715. The summed E-state index contributed by atoms with van der Waals surface area (Å²) in [5.41, 5.74) is 2.49. The van der Waals surface area contributed by atoms with Gasteiger partial charge in [-0.15, -0.1) is 0 Å². The third kappa shape index (κ3) is 3.85. The summed E-state index contributed by atoms with van der Waals surface area (Å²) < 4.78 is 5.27. The number of hydrogen-bond donors (Lipinski definition) is 0. The van der Waals surface area contributed by atoms with E-state index in [1.165, 1.54) is 10.8 Å². The Balaban J connectivity index is 2.14. The maximum Gasteiger partial charge on any atom is 0.315 e. The molecule has 0 N–H and O–H groups in total. The van der Waals surface area contributed by atoms with E-state index < -0.39 is 5.41 Å². The molecule has 0 bridgehead atoms. The van der Waals surface area contributed by atoms with Crippen LogP contribution in [0.5, 0.6) is 0 Å². The zero-order valence-electron chi connectivity index (χ0n) is 15.5. The minimum absolute atomic E-state index is 0.214. The molecule has 0 aliphatic carbocycles. The van der Waals surface area contributed by atoms with Crippen molar-refractivity contribution in [3.05, 3.63) is 90.0 Å². The van der Waals surface area contributed by atoms with Gasteiger partial charge in [0.05, 0.1) is 12.0 Å². The molecule has 0 unspecified atom stereocenters. The van der Waals surface area contributed by atoms with Crippen LogP contribution in [0.15, 0.2) is 78.9 Å². The van der Waals surface area contributed by atoms with E-state index in [0.717, 1.165) is 16.7 Å². The van der Waals surface area contributed by atoms with Gasteiger partial charge >= 0.3 is 5.97 Å². The fraction of sp³-hybridized carbons (Fsp3) is 0.208. The Morgan fingerprint density at radius 2 is 1.54 bits per heavy atom. The van der Waals surface area contributed by atoms with Gasteiger partial charge in [0.25, 0.3) is 0 Å². The molecule has 3 aromatic rings. The standard InChI is InChI=1S/C24H24O2/c1-4-26-23(25)24(2,3)17-22(19-11-6-5-7-12-19)21-15-14-18-10-8-9-13-20(18)16-21/h5-17H,4H2,1-3H3/b22-17+.